The van der Waals surface area contributed by atoms with E-state index in [2.05, 4.69) is 15.9 Å². The van der Waals surface area contributed by atoms with Gasteiger partial charge in [-0.2, -0.15) is 0 Å². The van der Waals surface area contributed by atoms with Crippen molar-refractivity contribution >= 4 is 44.5 Å². The molecule has 0 saturated carbocycles. The van der Waals surface area contributed by atoms with Crippen LogP contribution in [0, 0.1) is 0 Å². The van der Waals surface area contributed by atoms with Gasteiger partial charge in [0.15, 0.2) is 5.37 Å². The molecule has 1 atom stereocenters. The summed E-state index contributed by atoms with van der Waals surface area (Å²) in [6.07, 6.45) is 0. The number of hydrogen-bond donors (Lipinski definition) is 0. The van der Waals surface area contributed by atoms with Crippen LogP contribution in [0.25, 0.3) is 0 Å². The molecule has 2 amide bonds. The van der Waals surface area contributed by atoms with Gasteiger partial charge in [0.05, 0.1) is 0 Å². The zero-order valence-corrected chi connectivity index (χ0v) is 15.4. The highest BCUT2D eigenvalue weighted by atomic mass is 79.9. The molecule has 0 aromatic heterocycles. The van der Waals surface area contributed by atoms with E-state index in [0.717, 1.165) is 23.0 Å². The van der Waals surface area contributed by atoms with Gasteiger partial charge in [0.1, 0.15) is 0 Å². The number of carbonyl (C=O) groups excluding carboxylic acids is 2. The van der Waals surface area contributed by atoms with Gasteiger partial charge in [0.2, 0.25) is 0 Å². The van der Waals surface area contributed by atoms with Crippen molar-refractivity contribution in [3.63, 3.8) is 0 Å². The van der Waals surface area contributed by atoms with E-state index in [1.165, 1.54) is 4.90 Å². The lowest BCUT2D eigenvalue weighted by atomic mass is 10.2. The van der Waals surface area contributed by atoms with Crippen molar-refractivity contribution in [2.75, 3.05) is 16.8 Å². The maximum Gasteiger partial charge on any atom is 0.290 e. The Morgan fingerprint density at radius 3 is 2.25 bits per heavy atom. The van der Waals surface area contributed by atoms with Gasteiger partial charge in [-0.1, -0.05) is 64.5 Å². The summed E-state index contributed by atoms with van der Waals surface area (Å²) in [5.41, 5.74) is 2.03. The largest absolute Gasteiger partial charge is 0.347 e. The molecule has 0 aliphatic carbocycles. The lowest BCUT2D eigenvalue weighted by Crippen LogP contribution is -2.41. The van der Waals surface area contributed by atoms with E-state index in [1.807, 2.05) is 65.6 Å². The van der Waals surface area contributed by atoms with E-state index < -0.39 is 5.37 Å². The van der Waals surface area contributed by atoms with Crippen molar-refractivity contribution in [2.45, 2.75) is 11.9 Å². The molecule has 3 rings (SSSR count). The van der Waals surface area contributed by atoms with Gasteiger partial charge in [-0.3, -0.25) is 14.5 Å². The van der Waals surface area contributed by atoms with E-state index in [-0.39, 0.29) is 11.1 Å². The third kappa shape index (κ3) is 3.65. The lowest BCUT2D eigenvalue weighted by molar-refractivity contribution is -0.126. The maximum absolute atomic E-state index is 12.7. The smallest absolute Gasteiger partial charge is 0.290 e. The van der Waals surface area contributed by atoms with Crippen molar-refractivity contribution in [1.82, 2.24) is 4.90 Å². The minimum Gasteiger partial charge on any atom is -0.347 e. The van der Waals surface area contributed by atoms with Crippen molar-refractivity contribution < 1.29 is 9.59 Å². The molecule has 0 radical (unpaired) electrons. The fourth-order valence-electron chi connectivity index (χ4n) is 2.62. The predicted octanol–water partition coefficient (Wildman–Crippen LogP) is 4.11. The topological polar surface area (TPSA) is 40.6 Å². The molecular formula is C18H17BrN2O2S. The molecule has 1 fully saturated rings. The van der Waals surface area contributed by atoms with Gasteiger partial charge in [-0.25, -0.2) is 0 Å². The fraction of sp³-hybridized carbons (Fsp3) is 0.222. The molecule has 0 spiro atoms. The summed E-state index contributed by atoms with van der Waals surface area (Å²) in [5.74, 6) is -0.149. The van der Waals surface area contributed by atoms with Gasteiger partial charge in [0.25, 0.3) is 11.1 Å². The number of imide groups is 1. The van der Waals surface area contributed by atoms with Crippen LogP contribution in [0.5, 0.6) is 0 Å². The molecule has 124 valence electrons. The zero-order valence-electron chi connectivity index (χ0n) is 13.0. The first-order chi connectivity index (χ1) is 11.7. The minimum absolute atomic E-state index is 0.149. The SMILES string of the molecule is O=C1SC(N(Cc2ccccc2)c2ccccc2)C(=O)N1CCBr. The van der Waals surface area contributed by atoms with E-state index in [4.69, 9.17) is 0 Å². The highest BCUT2D eigenvalue weighted by molar-refractivity contribution is 9.09. The Bertz CT molecular complexity index is 711. The van der Waals surface area contributed by atoms with Crippen LogP contribution < -0.4 is 4.90 Å². The highest BCUT2D eigenvalue weighted by Gasteiger charge is 2.42. The van der Waals surface area contributed by atoms with Crippen molar-refractivity contribution in [3.8, 4) is 0 Å². The molecule has 1 unspecified atom stereocenters. The first-order valence-corrected chi connectivity index (χ1v) is 9.64. The van der Waals surface area contributed by atoms with Crippen molar-refractivity contribution in [2.24, 2.45) is 0 Å². The third-order valence-electron chi connectivity index (χ3n) is 3.78. The predicted molar refractivity (Wildman–Crippen MR) is 101 cm³/mol. The molecule has 0 N–H and O–H groups in total. The fourth-order valence-corrected chi connectivity index (χ4v) is 4.03. The quantitative estimate of drug-likeness (QED) is 0.679. The Morgan fingerprint density at radius 2 is 1.62 bits per heavy atom. The number of halogens is 1. The average molecular weight is 405 g/mol. The number of benzene rings is 2. The van der Waals surface area contributed by atoms with E-state index >= 15 is 0 Å². The number of para-hydroxylation sites is 1. The summed E-state index contributed by atoms with van der Waals surface area (Å²) >= 11 is 4.39. The maximum atomic E-state index is 12.7. The lowest BCUT2D eigenvalue weighted by Gasteiger charge is -2.29. The number of amides is 2. The number of rotatable bonds is 6. The van der Waals surface area contributed by atoms with Crippen molar-refractivity contribution in [1.29, 1.82) is 0 Å². The van der Waals surface area contributed by atoms with E-state index in [0.29, 0.717) is 18.4 Å². The molecular weight excluding hydrogens is 388 g/mol. The van der Waals surface area contributed by atoms with E-state index in [1.54, 1.807) is 0 Å². The molecule has 24 heavy (non-hydrogen) atoms. The van der Waals surface area contributed by atoms with Gasteiger partial charge >= 0.3 is 0 Å². The Balaban J connectivity index is 1.90. The second kappa shape index (κ2) is 7.85. The number of alkyl halides is 1. The van der Waals surface area contributed by atoms with Crippen LogP contribution in [0.4, 0.5) is 10.5 Å². The molecule has 4 nitrogen and oxygen atoms in total. The third-order valence-corrected chi connectivity index (χ3v) is 5.24. The van der Waals surface area contributed by atoms with Crippen LogP contribution in [0.15, 0.2) is 60.7 Å². The summed E-state index contributed by atoms with van der Waals surface area (Å²) in [7, 11) is 0. The monoisotopic (exact) mass is 404 g/mol. The number of carbonyl (C=O) groups is 2. The summed E-state index contributed by atoms with van der Waals surface area (Å²) in [4.78, 5) is 28.2. The van der Waals surface area contributed by atoms with Crippen molar-refractivity contribution in [3.05, 3.63) is 66.2 Å². The molecule has 2 aromatic carbocycles. The first kappa shape index (κ1) is 17.0. The molecule has 1 aliphatic heterocycles. The summed E-state index contributed by atoms with van der Waals surface area (Å²) in [6, 6.07) is 19.7. The van der Waals surface area contributed by atoms with Crippen LogP contribution in [0.2, 0.25) is 0 Å². The Kier molecular flexibility index (Phi) is 5.58. The Morgan fingerprint density at radius 1 is 1.00 bits per heavy atom. The second-order valence-corrected chi connectivity index (χ2v) is 7.19. The molecule has 1 aliphatic rings. The van der Waals surface area contributed by atoms with Crippen LogP contribution in [-0.4, -0.2) is 33.3 Å². The van der Waals surface area contributed by atoms with Crippen LogP contribution in [-0.2, 0) is 11.3 Å². The summed E-state index contributed by atoms with van der Waals surface area (Å²) in [5, 5.41) is -0.125. The van der Waals surface area contributed by atoms with Gasteiger partial charge < -0.3 is 4.90 Å². The normalized spacial score (nSPS) is 17.4. The molecule has 0 bridgehead atoms. The average Bonchev–Trinajstić information content (AvgIpc) is 2.90. The molecule has 1 saturated heterocycles. The molecule has 2 aromatic rings. The molecule has 1 heterocycles. The summed E-state index contributed by atoms with van der Waals surface area (Å²) < 4.78 is 0. The highest BCUT2D eigenvalue weighted by Crippen LogP contribution is 2.33. The first-order valence-electron chi connectivity index (χ1n) is 7.64. The Hall–Kier alpha value is -1.79. The number of thioether (sulfide) groups is 1. The number of hydrogen-bond acceptors (Lipinski definition) is 4. The van der Waals surface area contributed by atoms with Crippen LogP contribution >= 0.6 is 27.7 Å². The van der Waals surface area contributed by atoms with Gasteiger partial charge in [-0.05, 0) is 29.5 Å². The summed E-state index contributed by atoms with van der Waals surface area (Å²) in [6.45, 7) is 0.971. The molecule has 6 heteroatoms. The Labute approximate surface area is 154 Å². The standard InChI is InChI=1S/C18H17BrN2O2S/c19-11-12-20-16(22)17(24-18(20)23)21(15-9-5-2-6-10-15)13-14-7-3-1-4-8-14/h1-10,17H,11-13H2. The van der Waals surface area contributed by atoms with Gasteiger partial charge in [-0.15, -0.1) is 0 Å². The van der Waals surface area contributed by atoms with E-state index in [9.17, 15) is 9.59 Å². The number of nitrogens with zero attached hydrogens (tertiary/aromatic N) is 2. The van der Waals surface area contributed by atoms with Crippen LogP contribution in [0.1, 0.15) is 5.56 Å². The van der Waals surface area contributed by atoms with Crippen LogP contribution in [0.3, 0.4) is 0 Å². The minimum atomic E-state index is -0.529. The number of anilines is 1. The van der Waals surface area contributed by atoms with Gasteiger partial charge in [0, 0.05) is 24.1 Å². The zero-order chi connectivity index (χ0) is 16.9. The second-order valence-electron chi connectivity index (χ2n) is 5.36.